The molecule has 1 N–H and O–H groups in total. The first-order valence-electron chi connectivity index (χ1n) is 10.9. The number of carbonyl (C=O) groups excluding carboxylic acids is 1. The molecule has 0 saturated carbocycles. The average Bonchev–Trinajstić information content (AvgIpc) is 3.29. The Morgan fingerprint density at radius 2 is 1.78 bits per heavy atom. The number of hydrogen-bond acceptors (Lipinski definition) is 5. The molecule has 7 nitrogen and oxygen atoms in total. The van der Waals surface area contributed by atoms with Crippen LogP contribution in [0.4, 0.5) is 0 Å². The minimum absolute atomic E-state index is 0.140. The van der Waals surface area contributed by atoms with Gasteiger partial charge in [0, 0.05) is 36.9 Å². The van der Waals surface area contributed by atoms with Gasteiger partial charge in [0.2, 0.25) is 0 Å². The summed E-state index contributed by atoms with van der Waals surface area (Å²) >= 11 is 0. The summed E-state index contributed by atoms with van der Waals surface area (Å²) in [4.78, 5) is 15.7. The van der Waals surface area contributed by atoms with E-state index in [0.29, 0.717) is 17.8 Å². The fourth-order valence-corrected chi connectivity index (χ4v) is 3.89. The van der Waals surface area contributed by atoms with Crippen molar-refractivity contribution in [3.05, 3.63) is 66.4 Å². The minimum Gasteiger partial charge on any atom is -0.497 e. The third-order valence-electron chi connectivity index (χ3n) is 5.89. The minimum atomic E-state index is -0.171. The van der Waals surface area contributed by atoms with Crippen molar-refractivity contribution < 1.29 is 14.3 Å². The normalized spacial score (nSPS) is 14.8. The van der Waals surface area contributed by atoms with Gasteiger partial charge in [-0.15, -0.1) is 0 Å². The van der Waals surface area contributed by atoms with Crippen molar-refractivity contribution in [2.45, 2.75) is 19.4 Å². The predicted octanol–water partition coefficient (Wildman–Crippen LogP) is 3.39. The Hall–Kier alpha value is -3.16. The zero-order chi connectivity index (χ0) is 22.6. The van der Waals surface area contributed by atoms with E-state index in [2.05, 4.69) is 24.1 Å². The maximum atomic E-state index is 13.3. The molecule has 7 heteroatoms. The second-order valence-corrected chi connectivity index (χ2v) is 8.49. The molecule has 0 radical (unpaired) electrons. The first kappa shape index (κ1) is 22.0. The van der Waals surface area contributed by atoms with Crippen LogP contribution < -0.4 is 10.1 Å². The smallest absolute Gasteiger partial charge is 0.255 e. The average molecular weight is 435 g/mol. The maximum absolute atomic E-state index is 13.3. The molecule has 1 aliphatic rings. The van der Waals surface area contributed by atoms with Crippen molar-refractivity contribution in [1.82, 2.24) is 20.0 Å². The molecule has 4 rings (SSSR count). The van der Waals surface area contributed by atoms with Gasteiger partial charge in [-0.05, 0) is 50.2 Å². The Labute approximate surface area is 188 Å². The second kappa shape index (κ2) is 9.54. The molecule has 168 valence electrons. The summed E-state index contributed by atoms with van der Waals surface area (Å²) < 4.78 is 12.5. The molecule has 0 atom stereocenters. The molecule has 0 bridgehead atoms. The van der Waals surface area contributed by atoms with Crippen LogP contribution in [-0.2, 0) is 4.74 Å². The van der Waals surface area contributed by atoms with Gasteiger partial charge >= 0.3 is 0 Å². The number of methoxy groups -OCH3 is 1. The van der Waals surface area contributed by atoms with Gasteiger partial charge < -0.3 is 14.8 Å². The number of ether oxygens (including phenoxy) is 2. The van der Waals surface area contributed by atoms with Gasteiger partial charge in [-0.1, -0.05) is 18.2 Å². The van der Waals surface area contributed by atoms with Crippen LogP contribution in [0.2, 0.25) is 0 Å². The molecule has 1 amide bonds. The van der Waals surface area contributed by atoms with Crippen molar-refractivity contribution in [2.24, 2.45) is 0 Å². The Kier molecular flexibility index (Phi) is 6.58. The lowest BCUT2D eigenvalue weighted by molar-refractivity contribution is -0.00923. The molecular formula is C25H30N4O3. The first-order valence-corrected chi connectivity index (χ1v) is 10.9. The highest BCUT2D eigenvalue weighted by atomic mass is 16.5. The molecule has 1 fully saturated rings. The number of nitrogens with zero attached hydrogens (tertiary/aromatic N) is 3. The quantitative estimate of drug-likeness (QED) is 0.617. The van der Waals surface area contributed by atoms with Crippen molar-refractivity contribution in [3.63, 3.8) is 0 Å². The largest absolute Gasteiger partial charge is 0.497 e. The zero-order valence-corrected chi connectivity index (χ0v) is 18.9. The summed E-state index contributed by atoms with van der Waals surface area (Å²) in [6.45, 7) is 8.01. The van der Waals surface area contributed by atoms with E-state index in [9.17, 15) is 4.79 Å². The van der Waals surface area contributed by atoms with Crippen LogP contribution in [0.15, 0.2) is 60.8 Å². The third kappa shape index (κ3) is 4.84. The highest BCUT2D eigenvalue weighted by Crippen LogP contribution is 2.26. The van der Waals surface area contributed by atoms with E-state index in [1.807, 2.05) is 54.6 Å². The molecule has 3 aromatic rings. The summed E-state index contributed by atoms with van der Waals surface area (Å²) in [6.07, 6.45) is 1.80. The van der Waals surface area contributed by atoms with Crippen LogP contribution in [0.5, 0.6) is 5.75 Å². The molecule has 2 aromatic carbocycles. The fraction of sp³-hybridized carbons (Fsp3) is 0.360. The molecule has 1 aromatic heterocycles. The summed E-state index contributed by atoms with van der Waals surface area (Å²) in [5.41, 5.74) is 2.76. The Balaban J connectivity index is 1.60. The van der Waals surface area contributed by atoms with Gasteiger partial charge in [0.05, 0.1) is 31.6 Å². The van der Waals surface area contributed by atoms with Crippen molar-refractivity contribution in [3.8, 4) is 22.7 Å². The van der Waals surface area contributed by atoms with Crippen LogP contribution in [0.3, 0.4) is 0 Å². The third-order valence-corrected chi connectivity index (χ3v) is 5.89. The topological polar surface area (TPSA) is 68.6 Å². The van der Waals surface area contributed by atoms with Gasteiger partial charge in [-0.3, -0.25) is 9.69 Å². The summed E-state index contributed by atoms with van der Waals surface area (Å²) in [5.74, 6) is 0.619. The van der Waals surface area contributed by atoms with Gasteiger partial charge in [-0.25, -0.2) is 4.68 Å². The van der Waals surface area contributed by atoms with E-state index < -0.39 is 0 Å². The number of nitrogens with one attached hydrogen (secondary N) is 1. The van der Waals surface area contributed by atoms with Gasteiger partial charge in [-0.2, -0.15) is 5.10 Å². The number of amides is 1. The van der Waals surface area contributed by atoms with Crippen LogP contribution in [0.1, 0.15) is 24.2 Å². The lowest BCUT2D eigenvalue weighted by Crippen LogP contribution is -2.55. The number of benzene rings is 2. The molecule has 1 saturated heterocycles. The van der Waals surface area contributed by atoms with Gasteiger partial charge in [0.1, 0.15) is 11.4 Å². The van der Waals surface area contributed by atoms with Crippen molar-refractivity contribution >= 4 is 5.91 Å². The van der Waals surface area contributed by atoms with Gasteiger partial charge in [0.25, 0.3) is 5.91 Å². The van der Waals surface area contributed by atoms with E-state index in [-0.39, 0.29) is 11.4 Å². The molecule has 32 heavy (non-hydrogen) atoms. The first-order chi connectivity index (χ1) is 15.5. The number of carbonyl (C=O) groups is 1. The number of morpholine rings is 1. The highest BCUT2D eigenvalue weighted by molar-refractivity contribution is 6.00. The summed E-state index contributed by atoms with van der Waals surface area (Å²) in [6, 6.07) is 17.4. The number of hydrogen-bond donors (Lipinski definition) is 1. The van der Waals surface area contributed by atoms with E-state index in [1.165, 1.54) is 0 Å². The Bertz CT molecular complexity index is 1040. The predicted molar refractivity (Wildman–Crippen MR) is 124 cm³/mol. The monoisotopic (exact) mass is 434 g/mol. The molecular weight excluding hydrogens is 404 g/mol. The van der Waals surface area contributed by atoms with Crippen LogP contribution >= 0.6 is 0 Å². The number of aromatic nitrogens is 2. The van der Waals surface area contributed by atoms with E-state index in [1.54, 1.807) is 18.0 Å². The highest BCUT2D eigenvalue weighted by Gasteiger charge is 2.29. The summed E-state index contributed by atoms with van der Waals surface area (Å²) in [5, 5.41) is 7.88. The SMILES string of the molecule is COc1ccc(-c2nn(-c3ccccc3)cc2C(=O)NCC(C)(C)N2CCOCC2)cc1. The number of rotatable bonds is 7. The molecule has 0 unspecified atom stereocenters. The lowest BCUT2D eigenvalue weighted by atomic mass is 10.0. The Morgan fingerprint density at radius 3 is 2.44 bits per heavy atom. The van der Waals surface area contributed by atoms with E-state index in [0.717, 1.165) is 43.3 Å². The standard InChI is InChI=1S/C25H30N4O3/c1-25(2,28-13-15-32-16-14-28)18-26-24(30)22-17-29(20-7-5-4-6-8-20)27-23(22)19-9-11-21(31-3)12-10-19/h4-12,17H,13-16,18H2,1-3H3,(H,26,30). The van der Waals surface area contributed by atoms with E-state index in [4.69, 9.17) is 14.6 Å². The van der Waals surface area contributed by atoms with Gasteiger partial charge in [0.15, 0.2) is 0 Å². The van der Waals surface area contributed by atoms with Crippen molar-refractivity contribution in [1.29, 1.82) is 0 Å². The molecule has 1 aliphatic heterocycles. The van der Waals surface area contributed by atoms with Crippen LogP contribution in [0, 0.1) is 0 Å². The maximum Gasteiger partial charge on any atom is 0.255 e. The fourth-order valence-electron chi connectivity index (χ4n) is 3.89. The van der Waals surface area contributed by atoms with Crippen LogP contribution in [0.25, 0.3) is 16.9 Å². The molecule has 2 heterocycles. The molecule has 0 aliphatic carbocycles. The Morgan fingerprint density at radius 1 is 1.09 bits per heavy atom. The van der Waals surface area contributed by atoms with E-state index >= 15 is 0 Å². The number of para-hydroxylation sites is 1. The molecule has 0 spiro atoms. The van der Waals surface area contributed by atoms with Crippen LogP contribution in [-0.4, -0.2) is 66.1 Å². The summed E-state index contributed by atoms with van der Waals surface area (Å²) in [7, 11) is 1.63. The lowest BCUT2D eigenvalue weighted by Gasteiger charge is -2.40. The zero-order valence-electron chi connectivity index (χ0n) is 18.9. The second-order valence-electron chi connectivity index (χ2n) is 8.49. The van der Waals surface area contributed by atoms with Crippen molar-refractivity contribution in [2.75, 3.05) is 40.0 Å².